The summed E-state index contributed by atoms with van der Waals surface area (Å²) in [5, 5.41) is 0. The van der Waals surface area contributed by atoms with Gasteiger partial charge in [-0.15, -0.1) is 11.3 Å². The Morgan fingerprint density at radius 2 is 1.76 bits per heavy atom. The monoisotopic (exact) mass is 307 g/mol. The van der Waals surface area contributed by atoms with Crippen molar-refractivity contribution in [3.63, 3.8) is 0 Å². The molecule has 1 aliphatic carbocycles. The molecule has 0 bridgehead atoms. The molecule has 1 aliphatic rings. The zero-order chi connectivity index (χ0) is 11.8. The number of halogens is 1. The van der Waals surface area contributed by atoms with Crippen LogP contribution in [0.5, 0.6) is 0 Å². The molecule has 1 aromatic heterocycles. The van der Waals surface area contributed by atoms with Gasteiger partial charge in [0, 0.05) is 10.9 Å². The molecule has 0 saturated heterocycles. The van der Waals surface area contributed by atoms with Gasteiger partial charge in [-0.3, -0.25) is 0 Å². The molecule has 0 saturated carbocycles. The van der Waals surface area contributed by atoms with Gasteiger partial charge in [-0.25, -0.2) is 0 Å². The molecule has 88 valence electrons. The summed E-state index contributed by atoms with van der Waals surface area (Å²) in [7, 11) is 0. The molecular weight excluding hydrogens is 294 g/mol. The lowest BCUT2D eigenvalue weighted by Crippen LogP contribution is -2.20. The first kappa shape index (κ1) is 11.5. The molecule has 0 radical (unpaired) electrons. The van der Waals surface area contributed by atoms with Crippen molar-refractivity contribution in [3.8, 4) is 0 Å². The predicted molar refractivity (Wildman–Crippen MR) is 76.3 cm³/mol. The number of fused-ring (bicyclic) bond motifs is 1. The Kier molecular flexibility index (Phi) is 3.07. The normalized spacial score (nSPS) is 17.1. The molecule has 1 unspecified atom stereocenters. The lowest BCUT2D eigenvalue weighted by atomic mass is 9.96. The summed E-state index contributed by atoms with van der Waals surface area (Å²) in [6.45, 7) is 0. The number of thiophene rings is 1. The van der Waals surface area contributed by atoms with Crippen molar-refractivity contribution in [3.05, 3.63) is 56.2 Å². The molecule has 1 heterocycles. The van der Waals surface area contributed by atoms with Crippen LogP contribution < -0.4 is 5.73 Å². The van der Waals surface area contributed by atoms with Crippen molar-refractivity contribution in [2.45, 2.75) is 18.9 Å². The van der Waals surface area contributed by atoms with Crippen molar-refractivity contribution >= 4 is 27.3 Å². The Morgan fingerprint density at radius 3 is 2.29 bits per heavy atom. The van der Waals surface area contributed by atoms with E-state index in [1.165, 1.54) is 19.8 Å². The van der Waals surface area contributed by atoms with E-state index in [1.807, 2.05) is 0 Å². The summed E-state index contributed by atoms with van der Waals surface area (Å²) >= 11 is 5.25. The maximum Gasteiger partial charge on any atom is 0.0701 e. The van der Waals surface area contributed by atoms with Gasteiger partial charge in [0.05, 0.1) is 3.79 Å². The van der Waals surface area contributed by atoms with E-state index >= 15 is 0 Å². The highest BCUT2D eigenvalue weighted by Crippen LogP contribution is 2.37. The summed E-state index contributed by atoms with van der Waals surface area (Å²) in [6, 6.07) is 13.1. The van der Waals surface area contributed by atoms with E-state index in [2.05, 4.69) is 52.3 Å². The molecule has 3 rings (SSSR count). The van der Waals surface area contributed by atoms with Crippen molar-refractivity contribution in [1.29, 1.82) is 0 Å². The highest BCUT2D eigenvalue weighted by Gasteiger charge is 2.27. The van der Waals surface area contributed by atoms with Crippen LogP contribution in [0.1, 0.15) is 22.0 Å². The second-order valence-corrected chi connectivity index (χ2v) is 7.10. The second-order valence-electron chi connectivity index (χ2n) is 4.60. The zero-order valence-electron chi connectivity index (χ0n) is 9.40. The topological polar surface area (TPSA) is 26.0 Å². The molecule has 0 aliphatic heterocycles. The first-order valence-electron chi connectivity index (χ1n) is 5.81. The minimum absolute atomic E-state index is 0.165. The van der Waals surface area contributed by atoms with Crippen molar-refractivity contribution in [2.24, 2.45) is 11.7 Å². The smallest absolute Gasteiger partial charge is 0.0701 e. The van der Waals surface area contributed by atoms with Crippen LogP contribution in [0.15, 0.2) is 40.2 Å². The van der Waals surface area contributed by atoms with Crippen LogP contribution in [0, 0.1) is 5.92 Å². The number of rotatable bonds is 2. The van der Waals surface area contributed by atoms with E-state index in [0.717, 1.165) is 12.8 Å². The van der Waals surface area contributed by atoms with Crippen LogP contribution >= 0.6 is 27.3 Å². The predicted octanol–water partition coefficient (Wildman–Crippen LogP) is 3.93. The number of benzene rings is 1. The fourth-order valence-electron chi connectivity index (χ4n) is 2.59. The summed E-state index contributed by atoms with van der Waals surface area (Å²) in [6.07, 6.45) is 2.24. The van der Waals surface area contributed by atoms with Gasteiger partial charge in [0.1, 0.15) is 0 Å². The fourth-order valence-corrected chi connectivity index (χ4v) is 4.11. The van der Waals surface area contributed by atoms with Crippen LogP contribution in [0.25, 0.3) is 0 Å². The van der Waals surface area contributed by atoms with Gasteiger partial charge in [0.2, 0.25) is 0 Å². The van der Waals surface area contributed by atoms with Crippen LogP contribution in [-0.4, -0.2) is 0 Å². The lowest BCUT2D eigenvalue weighted by molar-refractivity contribution is 0.459. The average molecular weight is 308 g/mol. The Labute approximate surface area is 114 Å². The van der Waals surface area contributed by atoms with Gasteiger partial charge in [-0.1, -0.05) is 24.3 Å². The van der Waals surface area contributed by atoms with Gasteiger partial charge < -0.3 is 5.73 Å². The van der Waals surface area contributed by atoms with Crippen molar-refractivity contribution < 1.29 is 0 Å². The molecule has 17 heavy (non-hydrogen) atoms. The standard InChI is InChI=1S/C14H14BrNS/c15-13-6-5-12(17-13)14(16)11-7-9-3-1-2-4-10(9)8-11/h1-6,11,14H,7-8,16H2. The Bertz CT molecular complexity index is 510. The maximum atomic E-state index is 6.38. The molecule has 1 aromatic carbocycles. The average Bonchev–Trinajstić information content (AvgIpc) is 2.93. The number of nitrogens with two attached hydrogens (primary N) is 1. The van der Waals surface area contributed by atoms with Gasteiger partial charge >= 0.3 is 0 Å². The van der Waals surface area contributed by atoms with E-state index in [-0.39, 0.29) is 6.04 Å². The molecule has 0 spiro atoms. The van der Waals surface area contributed by atoms with E-state index in [1.54, 1.807) is 11.3 Å². The fraction of sp³-hybridized carbons (Fsp3) is 0.286. The SMILES string of the molecule is NC(c1ccc(Br)s1)C1Cc2ccccc2C1. The third-order valence-corrected chi connectivity index (χ3v) is 5.24. The van der Waals surface area contributed by atoms with Crippen molar-refractivity contribution in [2.75, 3.05) is 0 Å². The first-order valence-corrected chi connectivity index (χ1v) is 7.42. The minimum atomic E-state index is 0.165. The molecule has 2 aromatic rings. The highest BCUT2D eigenvalue weighted by atomic mass is 79.9. The lowest BCUT2D eigenvalue weighted by Gasteiger charge is -2.17. The summed E-state index contributed by atoms with van der Waals surface area (Å²) < 4.78 is 1.17. The largest absolute Gasteiger partial charge is 0.323 e. The molecule has 2 N–H and O–H groups in total. The highest BCUT2D eigenvalue weighted by molar-refractivity contribution is 9.11. The second kappa shape index (κ2) is 4.56. The number of hydrogen-bond acceptors (Lipinski definition) is 2. The van der Waals surface area contributed by atoms with Crippen LogP contribution in [-0.2, 0) is 12.8 Å². The van der Waals surface area contributed by atoms with Crippen molar-refractivity contribution in [1.82, 2.24) is 0 Å². The van der Waals surface area contributed by atoms with Gasteiger partial charge in [-0.05, 0) is 57.9 Å². The Morgan fingerprint density at radius 1 is 1.12 bits per heavy atom. The van der Waals surface area contributed by atoms with Gasteiger partial charge in [0.15, 0.2) is 0 Å². The van der Waals surface area contributed by atoms with Crippen LogP contribution in [0.3, 0.4) is 0 Å². The summed E-state index contributed by atoms with van der Waals surface area (Å²) in [5.41, 5.74) is 9.33. The summed E-state index contributed by atoms with van der Waals surface area (Å²) in [4.78, 5) is 1.29. The summed E-state index contributed by atoms with van der Waals surface area (Å²) in [5.74, 6) is 0.554. The zero-order valence-corrected chi connectivity index (χ0v) is 11.8. The minimum Gasteiger partial charge on any atom is -0.323 e. The molecule has 3 heteroatoms. The Balaban J connectivity index is 1.80. The molecule has 1 atom stereocenters. The first-order chi connectivity index (χ1) is 8.24. The third-order valence-electron chi connectivity index (χ3n) is 3.51. The van der Waals surface area contributed by atoms with Crippen LogP contribution in [0.4, 0.5) is 0 Å². The molecule has 0 fully saturated rings. The molecule has 1 nitrogen and oxygen atoms in total. The Hall–Kier alpha value is -0.640. The third kappa shape index (κ3) is 2.19. The quantitative estimate of drug-likeness (QED) is 0.894. The molecular formula is C14H14BrNS. The van der Waals surface area contributed by atoms with E-state index in [9.17, 15) is 0 Å². The number of hydrogen-bond donors (Lipinski definition) is 1. The molecule has 0 amide bonds. The van der Waals surface area contributed by atoms with Gasteiger partial charge in [0.25, 0.3) is 0 Å². The van der Waals surface area contributed by atoms with E-state index in [0.29, 0.717) is 5.92 Å². The van der Waals surface area contributed by atoms with E-state index < -0.39 is 0 Å². The maximum absolute atomic E-state index is 6.38. The van der Waals surface area contributed by atoms with Crippen LogP contribution in [0.2, 0.25) is 0 Å². The van der Waals surface area contributed by atoms with E-state index in [4.69, 9.17) is 5.73 Å². The van der Waals surface area contributed by atoms with Gasteiger partial charge in [-0.2, -0.15) is 0 Å².